The Labute approximate surface area is 194 Å². The smallest absolute Gasteiger partial charge is 0.253 e. The monoisotopic (exact) mass is 442 g/mol. The maximum atomic E-state index is 13.0. The zero-order valence-corrected chi connectivity index (χ0v) is 18.9. The van der Waals surface area contributed by atoms with Crippen LogP contribution in [0.4, 0.5) is 0 Å². The third kappa shape index (κ3) is 3.72. The first-order valence-corrected chi connectivity index (χ1v) is 12.1. The molecule has 1 amide bonds. The average Bonchev–Trinajstić information content (AvgIpc) is 3.54. The van der Waals surface area contributed by atoms with E-state index in [1.54, 1.807) is 0 Å². The molecule has 0 aliphatic carbocycles. The van der Waals surface area contributed by atoms with Gasteiger partial charge < -0.3 is 14.5 Å². The van der Waals surface area contributed by atoms with Gasteiger partial charge in [-0.25, -0.2) is 0 Å². The second-order valence-corrected chi connectivity index (χ2v) is 9.45. The molecule has 170 valence electrons. The van der Waals surface area contributed by atoms with Crippen LogP contribution >= 0.6 is 0 Å². The molecule has 0 N–H and O–H groups in total. The Bertz CT molecular complexity index is 1140. The predicted octanol–water partition coefficient (Wildman–Crippen LogP) is 4.17. The molecule has 3 aliphatic rings. The Morgan fingerprint density at radius 3 is 2.42 bits per heavy atom. The fraction of sp³-hybridized carbons (Fsp3) is 0.407. The number of benzene rings is 2. The summed E-state index contributed by atoms with van der Waals surface area (Å²) in [5, 5.41) is 5.03. The zero-order valence-electron chi connectivity index (χ0n) is 18.9. The zero-order chi connectivity index (χ0) is 22.3. The van der Waals surface area contributed by atoms with Crippen molar-refractivity contribution in [2.45, 2.75) is 37.8 Å². The quantitative estimate of drug-likeness (QED) is 0.609. The molecule has 6 nitrogen and oxygen atoms in total. The van der Waals surface area contributed by atoms with E-state index in [4.69, 9.17) is 9.84 Å². The van der Waals surface area contributed by atoms with Gasteiger partial charge in [-0.05, 0) is 50.2 Å². The summed E-state index contributed by atoms with van der Waals surface area (Å²) in [6, 6.07) is 17.8. The van der Waals surface area contributed by atoms with Crippen LogP contribution < -0.4 is 4.74 Å². The minimum atomic E-state index is -0.428. The lowest BCUT2D eigenvalue weighted by atomic mass is 9.81. The number of aromatic nitrogens is 2. The predicted molar refractivity (Wildman–Crippen MR) is 127 cm³/mol. The minimum Gasteiger partial charge on any atom is -0.482 e. The molecular formula is C27H30N4O2. The van der Waals surface area contributed by atoms with Gasteiger partial charge in [-0.1, -0.05) is 30.3 Å². The lowest BCUT2D eigenvalue weighted by molar-refractivity contribution is -0.00168. The summed E-state index contributed by atoms with van der Waals surface area (Å²) in [5.41, 5.74) is 3.61. The number of para-hydroxylation sites is 1. The van der Waals surface area contributed by atoms with Gasteiger partial charge in [0, 0.05) is 55.4 Å². The molecule has 0 bridgehead atoms. The number of rotatable bonds is 4. The highest BCUT2D eigenvalue weighted by Gasteiger charge is 2.46. The molecular weight excluding hydrogens is 412 g/mol. The number of carbonyl (C=O) groups is 1. The third-order valence-corrected chi connectivity index (χ3v) is 7.42. The normalized spacial score (nSPS) is 19.2. The minimum absolute atomic E-state index is 0.100. The van der Waals surface area contributed by atoms with Gasteiger partial charge in [-0.3, -0.25) is 9.48 Å². The molecule has 3 aromatic rings. The van der Waals surface area contributed by atoms with Crippen molar-refractivity contribution < 1.29 is 9.53 Å². The summed E-state index contributed by atoms with van der Waals surface area (Å²) in [5.74, 6) is 1.00. The lowest BCUT2D eigenvalue weighted by Crippen LogP contribution is -2.49. The van der Waals surface area contributed by atoms with E-state index in [2.05, 4.69) is 21.8 Å². The molecule has 2 fully saturated rings. The molecule has 3 aliphatic heterocycles. The summed E-state index contributed by atoms with van der Waals surface area (Å²) >= 11 is 0. The Balaban J connectivity index is 1.26. The highest BCUT2D eigenvalue weighted by molar-refractivity contribution is 5.94. The highest BCUT2D eigenvalue weighted by atomic mass is 16.5. The molecule has 2 saturated heterocycles. The number of hydrogen-bond donors (Lipinski definition) is 0. The first kappa shape index (κ1) is 20.5. The van der Waals surface area contributed by atoms with E-state index in [0.29, 0.717) is 13.1 Å². The molecule has 6 heteroatoms. The fourth-order valence-electron chi connectivity index (χ4n) is 5.54. The molecule has 0 atom stereocenters. The molecule has 33 heavy (non-hydrogen) atoms. The summed E-state index contributed by atoms with van der Waals surface area (Å²) in [7, 11) is 0. The van der Waals surface area contributed by atoms with Gasteiger partial charge in [0.1, 0.15) is 17.0 Å². The second kappa shape index (κ2) is 8.34. The van der Waals surface area contributed by atoms with E-state index in [9.17, 15) is 4.79 Å². The summed E-state index contributed by atoms with van der Waals surface area (Å²) in [4.78, 5) is 17.5. The summed E-state index contributed by atoms with van der Waals surface area (Å²) in [6.07, 6.45) is 6.35. The van der Waals surface area contributed by atoms with E-state index >= 15 is 0 Å². The Morgan fingerprint density at radius 2 is 1.64 bits per heavy atom. The standard InChI is InChI=1S/C27H30N4O2/c32-26(21-8-2-1-3-9-21)30-16-12-27(13-17-30)23-20-31(19-18-29-14-6-7-15-29)28-25(23)22-10-4-5-11-24(22)33-27/h1-5,8-11,20H,6-7,12-19H2. The van der Waals surface area contributed by atoms with Gasteiger partial charge in [0.25, 0.3) is 5.91 Å². The number of amides is 1. The van der Waals surface area contributed by atoms with Crippen LogP contribution in [0.15, 0.2) is 60.8 Å². The van der Waals surface area contributed by atoms with E-state index in [-0.39, 0.29) is 5.91 Å². The van der Waals surface area contributed by atoms with Crippen molar-refractivity contribution in [2.75, 3.05) is 32.7 Å². The van der Waals surface area contributed by atoms with Crippen molar-refractivity contribution in [2.24, 2.45) is 0 Å². The van der Waals surface area contributed by atoms with Crippen molar-refractivity contribution in [3.8, 4) is 17.0 Å². The van der Waals surface area contributed by atoms with Crippen molar-refractivity contribution in [3.05, 3.63) is 71.9 Å². The molecule has 2 aromatic carbocycles. The number of piperidine rings is 1. The van der Waals surface area contributed by atoms with Crippen molar-refractivity contribution >= 4 is 5.91 Å². The van der Waals surface area contributed by atoms with Crippen molar-refractivity contribution in [1.29, 1.82) is 0 Å². The van der Waals surface area contributed by atoms with Gasteiger partial charge in [0.05, 0.1) is 6.54 Å². The molecule has 0 unspecified atom stereocenters. The van der Waals surface area contributed by atoms with Gasteiger partial charge in [-0.15, -0.1) is 0 Å². The van der Waals surface area contributed by atoms with Crippen LogP contribution in [-0.2, 0) is 12.1 Å². The number of likely N-dealkylation sites (tertiary alicyclic amines) is 2. The Morgan fingerprint density at radius 1 is 0.909 bits per heavy atom. The van der Waals surface area contributed by atoms with Gasteiger partial charge >= 0.3 is 0 Å². The molecule has 0 saturated carbocycles. The molecule has 6 rings (SSSR count). The first-order valence-electron chi connectivity index (χ1n) is 12.1. The van der Waals surface area contributed by atoms with E-state index in [1.807, 2.05) is 53.4 Å². The van der Waals surface area contributed by atoms with Gasteiger partial charge in [0.2, 0.25) is 0 Å². The summed E-state index contributed by atoms with van der Waals surface area (Å²) in [6.45, 7) is 5.67. The third-order valence-electron chi connectivity index (χ3n) is 7.42. The van der Waals surface area contributed by atoms with Gasteiger partial charge in [0.15, 0.2) is 0 Å². The van der Waals surface area contributed by atoms with Crippen LogP contribution in [-0.4, -0.2) is 58.2 Å². The van der Waals surface area contributed by atoms with Crippen LogP contribution in [0.25, 0.3) is 11.3 Å². The summed E-state index contributed by atoms with van der Waals surface area (Å²) < 4.78 is 8.82. The SMILES string of the molecule is O=C(c1ccccc1)N1CCC2(CC1)Oc1ccccc1-c1nn(CCN3CCCC3)cc12. The first-order chi connectivity index (χ1) is 16.2. The van der Waals surface area contributed by atoms with E-state index < -0.39 is 5.60 Å². The van der Waals surface area contributed by atoms with Crippen LogP contribution in [0.2, 0.25) is 0 Å². The van der Waals surface area contributed by atoms with Crippen LogP contribution in [0, 0.1) is 0 Å². The van der Waals surface area contributed by atoms with Crippen molar-refractivity contribution in [1.82, 2.24) is 19.6 Å². The Kier molecular flexibility index (Phi) is 5.18. The number of nitrogens with zero attached hydrogens (tertiary/aromatic N) is 4. The van der Waals surface area contributed by atoms with E-state index in [1.165, 1.54) is 31.5 Å². The van der Waals surface area contributed by atoms with Crippen LogP contribution in [0.1, 0.15) is 41.6 Å². The van der Waals surface area contributed by atoms with Gasteiger partial charge in [-0.2, -0.15) is 5.10 Å². The highest BCUT2D eigenvalue weighted by Crippen LogP contribution is 2.49. The van der Waals surface area contributed by atoms with Crippen LogP contribution in [0.3, 0.4) is 0 Å². The average molecular weight is 443 g/mol. The van der Waals surface area contributed by atoms with Crippen molar-refractivity contribution in [3.63, 3.8) is 0 Å². The lowest BCUT2D eigenvalue weighted by Gasteiger charge is -2.44. The number of fused-ring (bicyclic) bond motifs is 4. The maximum Gasteiger partial charge on any atom is 0.253 e. The second-order valence-electron chi connectivity index (χ2n) is 9.45. The maximum absolute atomic E-state index is 13.0. The number of hydrogen-bond acceptors (Lipinski definition) is 4. The number of ether oxygens (including phenoxy) is 1. The molecule has 4 heterocycles. The largest absolute Gasteiger partial charge is 0.482 e. The Hall–Kier alpha value is -3.12. The molecule has 0 radical (unpaired) electrons. The fourth-order valence-corrected chi connectivity index (χ4v) is 5.54. The number of carbonyl (C=O) groups excluding carboxylic acids is 1. The molecule has 1 aromatic heterocycles. The van der Waals surface area contributed by atoms with E-state index in [0.717, 1.165) is 48.5 Å². The van der Waals surface area contributed by atoms with Crippen LogP contribution in [0.5, 0.6) is 5.75 Å². The topological polar surface area (TPSA) is 50.6 Å². The molecule has 1 spiro atoms.